The fourth-order valence-electron chi connectivity index (χ4n) is 3.60. The molecule has 152 valence electrons. The lowest BCUT2D eigenvalue weighted by Crippen LogP contribution is -2.38. The lowest BCUT2D eigenvalue weighted by molar-refractivity contribution is 0.264. The Morgan fingerprint density at radius 3 is 2.87 bits per heavy atom. The van der Waals surface area contributed by atoms with Gasteiger partial charge in [-0.15, -0.1) is 11.8 Å². The minimum atomic E-state index is -0.454. The highest BCUT2D eigenvalue weighted by molar-refractivity contribution is 7.99. The molecule has 0 bridgehead atoms. The smallest absolute Gasteiger partial charge is 0.225 e. The number of thioether (sulfide) groups is 2. The SMILES string of the molecule is OC1CN(c2nc(Cl)nc3c(SCc4cccc5ccccc45)ncnc23)CCS1. The van der Waals surface area contributed by atoms with Crippen molar-refractivity contribution >= 4 is 62.7 Å². The molecule has 2 aromatic carbocycles. The number of hydrogen-bond donors (Lipinski definition) is 1. The molecule has 9 heteroatoms. The molecule has 1 N–H and O–H groups in total. The number of halogens is 1. The zero-order valence-electron chi connectivity index (χ0n) is 15.9. The molecule has 0 spiro atoms. The number of β-amino-alcohol motifs (C(OH)–C–C–N with tert-alkyl or cyclic N) is 1. The first-order valence-electron chi connectivity index (χ1n) is 9.51. The van der Waals surface area contributed by atoms with Crippen LogP contribution in [0, 0.1) is 0 Å². The Balaban J connectivity index is 1.50. The van der Waals surface area contributed by atoms with Crippen molar-refractivity contribution in [3.05, 3.63) is 59.6 Å². The van der Waals surface area contributed by atoms with Crippen molar-refractivity contribution in [1.82, 2.24) is 19.9 Å². The summed E-state index contributed by atoms with van der Waals surface area (Å²) >= 11 is 9.41. The Morgan fingerprint density at radius 1 is 1.10 bits per heavy atom. The third-order valence-corrected chi connectivity index (χ3v) is 7.14. The van der Waals surface area contributed by atoms with E-state index in [1.807, 2.05) is 11.0 Å². The highest BCUT2D eigenvalue weighted by Crippen LogP contribution is 2.33. The summed E-state index contributed by atoms with van der Waals surface area (Å²) in [6, 6.07) is 14.7. The van der Waals surface area contributed by atoms with Gasteiger partial charge in [-0.3, -0.25) is 0 Å². The maximum atomic E-state index is 10.0. The summed E-state index contributed by atoms with van der Waals surface area (Å²) in [5.41, 5.74) is 2.09. The van der Waals surface area contributed by atoms with Crippen LogP contribution in [-0.4, -0.2) is 49.3 Å². The largest absolute Gasteiger partial charge is 0.381 e. The molecule has 0 aliphatic carbocycles. The summed E-state index contributed by atoms with van der Waals surface area (Å²) in [7, 11) is 0. The Kier molecular flexibility index (Phi) is 5.64. The highest BCUT2D eigenvalue weighted by atomic mass is 35.5. The standard InChI is InChI=1S/C21H18ClN5OS2/c22-21-25-18-17(19(26-21)27-8-9-29-16(28)10-27)23-12-24-20(18)30-11-14-6-3-5-13-4-1-2-7-15(13)14/h1-7,12,16,28H,8-11H2. The third-order valence-electron chi connectivity index (χ3n) is 4.99. The Labute approximate surface area is 187 Å². The Morgan fingerprint density at radius 2 is 1.97 bits per heavy atom. The number of benzene rings is 2. The molecule has 1 aliphatic rings. The first-order valence-corrected chi connectivity index (χ1v) is 11.9. The number of fused-ring (bicyclic) bond motifs is 2. The van der Waals surface area contributed by atoms with Crippen molar-refractivity contribution in [2.75, 3.05) is 23.7 Å². The summed E-state index contributed by atoms with van der Waals surface area (Å²) in [5, 5.41) is 13.4. The predicted octanol–water partition coefficient (Wildman–Crippen LogP) is 4.39. The molecular weight excluding hydrogens is 438 g/mol. The molecule has 1 saturated heterocycles. The van der Waals surface area contributed by atoms with Crippen LogP contribution in [0.2, 0.25) is 5.28 Å². The van der Waals surface area contributed by atoms with E-state index in [4.69, 9.17) is 11.6 Å². The minimum Gasteiger partial charge on any atom is -0.381 e. The summed E-state index contributed by atoms with van der Waals surface area (Å²) in [5.74, 6) is 2.22. The van der Waals surface area contributed by atoms with Crippen LogP contribution in [0.5, 0.6) is 0 Å². The van der Waals surface area contributed by atoms with Crippen LogP contribution in [0.1, 0.15) is 5.56 Å². The number of anilines is 1. The normalized spacial score (nSPS) is 17.0. The maximum absolute atomic E-state index is 10.0. The number of aliphatic hydroxyl groups is 1. The first kappa shape index (κ1) is 19.8. The summed E-state index contributed by atoms with van der Waals surface area (Å²) < 4.78 is 0. The molecule has 30 heavy (non-hydrogen) atoms. The lowest BCUT2D eigenvalue weighted by atomic mass is 10.1. The Hall–Kier alpha value is -2.13. The first-order chi connectivity index (χ1) is 14.7. The zero-order valence-corrected chi connectivity index (χ0v) is 18.3. The average Bonchev–Trinajstić information content (AvgIpc) is 2.77. The number of aromatic nitrogens is 4. The van der Waals surface area contributed by atoms with Gasteiger partial charge in [-0.25, -0.2) is 15.0 Å². The fraction of sp³-hybridized carbons (Fsp3) is 0.238. The van der Waals surface area contributed by atoms with Crippen LogP contribution < -0.4 is 4.90 Å². The van der Waals surface area contributed by atoms with Crippen LogP contribution in [0.4, 0.5) is 5.82 Å². The van der Waals surface area contributed by atoms with Crippen LogP contribution in [-0.2, 0) is 5.75 Å². The van der Waals surface area contributed by atoms with E-state index in [1.165, 1.54) is 28.1 Å². The molecule has 2 aromatic heterocycles. The second-order valence-corrected chi connectivity index (χ2v) is 9.48. The number of aliphatic hydroxyl groups excluding tert-OH is 1. The van der Waals surface area contributed by atoms with Crippen molar-refractivity contribution < 1.29 is 5.11 Å². The average molecular weight is 456 g/mol. The monoisotopic (exact) mass is 455 g/mol. The van der Waals surface area contributed by atoms with E-state index in [2.05, 4.69) is 56.3 Å². The van der Waals surface area contributed by atoms with Gasteiger partial charge in [0.2, 0.25) is 5.28 Å². The van der Waals surface area contributed by atoms with Gasteiger partial charge in [0.15, 0.2) is 5.82 Å². The molecule has 1 atom stereocenters. The maximum Gasteiger partial charge on any atom is 0.225 e. The quantitative estimate of drug-likeness (QED) is 0.276. The summed E-state index contributed by atoms with van der Waals surface area (Å²) in [6.07, 6.45) is 1.55. The second kappa shape index (κ2) is 8.55. The van der Waals surface area contributed by atoms with E-state index in [0.717, 1.165) is 23.1 Å². The second-order valence-electron chi connectivity index (χ2n) is 6.89. The van der Waals surface area contributed by atoms with Gasteiger partial charge >= 0.3 is 0 Å². The van der Waals surface area contributed by atoms with Gasteiger partial charge in [-0.2, -0.15) is 4.98 Å². The van der Waals surface area contributed by atoms with E-state index in [-0.39, 0.29) is 5.28 Å². The predicted molar refractivity (Wildman–Crippen MR) is 124 cm³/mol. The van der Waals surface area contributed by atoms with Gasteiger partial charge in [-0.1, -0.05) is 54.2 Å². The fourth-order valence-corrected chi connectivity index (χ4v) is 5.59. The molecular formula is C21H18ClN5OS2. The molecule has 0 saturated carbocycles. The van der Waals surface area contributed by atoms with Gasteiger partial charge in [-0.05, 0) is 27.9 Å². The van der Waals surface area contributed by atoms with E-state index in [0.29, 0.717) is 23.4 Å². The van der Waals surface area contributed by atoms with E-state index >= 15 is 0 Å². The van der Waals surface area contributed by atoms with Crippen molar-refractivity contribution in [3.63, 3.8) is 0 Å². The zero-order chi connectivity index (χ0) is 20.5. The van der Waals surface area contributed by atoms with E-state index in [9.17, 15) is 5.11 Å². The van der Waals surface area contributed by atoms with Crippen molar-refractivity contribution in [1.29, 1.82) is 0 Å². The summed E-state index contributed by atoms with van der Waals surface area (Å²) in [6.45, 7) is 1.25. The molecule has 3 heterocycles. The van der Waals surface area contributed by atoms with E-state index in [1.54, 1.807) is 18.1 Å². The number of hydrogen-bond acceptors (Lipinski definition) is 8. The van der Waals surface area contributed by atoms with Crippen molar-refractivity contribution in [2.24, 2.45) is 0 Å². The Bertz CT molecular complexity index is 1220. The molecule has 6 nitrogen and oxygen atoms in total. The summed E-state index contributed by atoms with van der Waals surface area (Å²) in [4.78, 5) is 19.8. The minimum absolute atomic E-state index is 0.159. The molecule has 4 aromatic rings. The highest BCUT2D eigenvalue weighted by Gasteiger charge is 2.23. The topological polar surface area (TPSA) is 75.0 Å². The molecule has 1 unspecified atom stereocenters. The lowest BCUT2D eigenvalue weighted by Gasteiger charge is -2.30. The number of nitrogens with zero attached hydrogens (tertiary/aromatic N) is 5. The van der Waals surface area contributed by atoms with Gasteiger partial charge in [0, 0.05) is 18.1 Å². The van der Waals surface area contributed by atoms with Gasteiger partial charge in [0.05, 0.1) is 6.54 Å². The molecule has 0 amide bonds. The van der Waals surface area contributed by atoms with Crippen LogP contribution in [0.3, 0.4) is 0 Å². The van der Waals surface area contributed by atoms with Crippen molar-refractivity contribution in [3.8, 4) is 0 Å². The molecule has 5 rings (SSSR count). The molecule has 0 radical (unpaired) electrons. The van der Waals surface area contributed by atoms with Gasteiger partial charge in [0.25, 0.3) is 0 Å². The van der Waals surface area contributed by atoms with Crippen molar-refractivity contribution in [2.45, 2.75) is 16.2 Å². The molecule has 1 fully saturated rings. The molecule has 1 aliphatic heterocycles. The van der Waals surface area contributed by atoms with Crippen LogP contribution in [0.15, 0.2) is 53.8 Å². The van der Waals surface area contributed by atoms with Crippen LogP contribution in [0.25, 0.3) is 21.8 Å². The van der Waals surface area contributed by atoms with E-state index < -0.39 is 5.44 Å². The van der Waals surface area contributed by atoms with Crippen LogP contribution >= 0.6 is 35.1 Å². The van der Waals surface area contributed by atoms with Gasteiger partial charge < -0.3 is 10.0 Å². The number of rotatable bonds is 4. The third kappa shape index (κ3) is 3.92. The van der Waals surface area contributed by atoms with Gasteiger partial charge in [0.1, 0.15) is 27.8 Å².